The molecule has 0 radical (unpaired) electrons. The second-order valence-corrected chi connectivity index (χ2v) is 9.35. The van der Waals surface area contributed by atoms with Gasteiger partial charge < -0.3 is 18.9 Å². The average molecular weight is 525 g/mol. The van der Waals surface area contributed by atoms with Gasteiger partial charge in [-0.05, 0) is 74.4 Å². The van der Waals surface area contributed by atoms with E-state index in [2.05, 4.69) is 0 Å². The molecule has 1 amide bonds. The zero-order chi connectivity index (χ0) is 26.1. The Morgan fingerprint density at radius 2 is 1.69 bits per heavy atom. The molecule has 36 heavy (non-hydrogen) atoms. The number of aromatic nitrogens is 1. The summed E-state index contributed by atoms with van der Waals surface area (Å²) in [6.07, 6.45) is 1.74. The number of hydrogen-bond acceptors (Lipinski definition) is 4. The summed E-state index contributed by atoms with van der Waals surface area (Å²) in [5.41, 5.74) is 5.27. The molecule has 0 spiro atoms. The molecule has 0 atom stereocenters. The lowest BCUT2D eigenvalue weighted by molar-refractivity contribution is -0.136. The van der Waals surface area contributed by atoms with Crippen molar-refractivity contribution < 1.29 is 19.1 Å². The highest BCUT2D eigenvalue weighted by Crippen LogP contribution is 2.35. The number of amides is 1. The first-order valence-corrected chi connectivity index (χ1v) is 12.0. The maximum Gasteiger partial charge on any atom is 0.340 e. The van der Waals surface area contributed by atoms with Gasteiger partial charge in [-0.15, -0.1) is 0 Å². The summed E-state index contributed by atoms with van der Waals surface area (Å²) in [7, 11) is 2.91. The average Bonchev–Trinajstić information content (AvgIpc) is 3.27. The van der Waals surface area contributed by atoms with Crippen molar-refractivity contribution >= 4 is 41.2 Å². The summed E-state index contributed by atoms with van der Waals surface area (Å²) in [6, 6.07) is 14.7. The van der Waals surface area contributed by atoms with Gasteiger partial charge in [-0.2, -0.15) is 0 Å². The van der Waals surface area contributed by atoms with Crippen molar-refractivity contribution in [3.05, 3.63) is 97.9 Å². The molecule has 0 N–H and O–H groups in total. The molecule has 1 aliphatic rings. The van der Waals surface area contributed by atoms with Crippen molar-refractivity contribution in [2.24, 2.45) is 0 Å². The van der Waals surface area contributed by atoms with Crippen LogP contribution in [0, 0.1) is 13.8 Å². The third-order valence-electron chi connectivity index (χ3n) is 6.32. The first-order valence-electron chi connectivity index (χ1n) is 11.3. The number of methoxy groups -OCH3 is 2. The molecule has 8 heteroatoms. The molecule has 0 saturated carbocycles. The third-order valence-corrected chi connectivity index (χ3v) is 6.87. The molecule has 0 saturated heterocycles. The van der Waals surface area contributed by atoms with Crippen LogP contribution in [0.3, 0.4) is 0 Å². The van der Waals surface area contributed by atoms with Crippen LogP contribution in [0.4, 0.5) is 0 Å². The first kappa shape index (κ1) is 25.6. The number of nitrogens with zero attached hydrogens (tertiary/aromatic N) is 2. The molecule has 2 heterocycles. The van der Waals surface area contributed by atoms with Gasteiger partial charge in [-0.3, -0.25) is 4.79 Å². The van der Waals surface area contributed by atoms with E-state index in [1.165, 1.54) is 7.11 Å². The Labute approximate surface area is 220 Å². The molecule has 0 bridgehead atoms. The summed E-state index contributed by atoms with van der Waals surface area (Å²) in [4.78, 5) is 27.9. The van der Waals surface area contributed by atoms with Crippen LogP contribution in [0.5, 0.6) is 5.75 Å². The van der Waals surface area contributed by atoms with Crippen LogP contribution in [0.15, 0.2) is 65.4 Å². The highest BCUT2D eigenvalue weighted by atomic mass is 35.5. The summed E-state index contributed by atoms with van der Waals surface area (Å²) in [6.45, 7) is 5.94. The first-order chi connectivity index (χ1) is 17.2. The monoisotopic (exact) mass is 524 g/mol. The molecule has 3 aromatic rings. The van der Waals surface area contributed by atoms with Crippen molar-refractivity contribution in [2.45, 2.75) is 27.3 Å². The number of halogens is 2. The standard InChI is InChI=1S/C28H26Cl2N2O4/c1-16-12-20(17(2)32(16)25-14-21(29)8-11-24(25)30)13-23-26(28(34)36-5)18(3)31(27(23)33)15-19-6-9-22(35-4)10-7-19/h6-14H,15H2,1-5H3/b23-13-. The maximum absolute atomic E-state index is 13.6. The van der Waals surface area contributed by atoms with E-state index < -0.39 is 5.97 Å². The lowest BCUT2D eigenvalue weighted by Gasteiger charge is -2.18. The van der Waals surface area contributed by atoms with Crippen molar-refractivity contribution in [2.75, 3.05) is 14.2 Å². The molecule has 0 fully saturated rings. The van der Waals surface area contributed by atoms with Gasteiger partial charge in [-0.25, -0.2) is 4.79 Å². The fourth-order valence-electron chi connectivity index (χ4n) is 4.45. The summed E-state index contributed by atoms with van der Waals surface area (Å²) >= 11 is 12.7. The SMILES string of the molecule is COC(=O)C1=C(C)N(Cc2ccc(OC)cc2)C(=O)/C1=C\c1cc(C)n(-c2cc(Cl)ccc2Cl)c1C. The number of rotatable bonds is 6. The third kappa shape index (κ3) is 4.66. The van der Waals surface area contributed by atoms with Crippen molar-refractivity contribution in [3.8, 4) is 11.4 Å². The second kappa shape index (κ2) is 10.2. The number of carbonyl (C=O) groups is 2. The summed E-state index contributed by atoms with van der Waals surface area (Å²) in [5, 5.41) is 1.11. The largest absolute Gasteiger partial charge is 0.497 e. The molecule has 0 unspecified atom stereocenters. The molecule has 1 aromatic heterocycles. The summed E-state index contributed by atoms with van der Waals surface area (Å²) in [5.74, 6) is -0.102. The van der Waals surface area contributed by atoms with E-state index in [1.54, 1.807) is 43.2 Å². The van der Waals surface area contributed by atoms with Crippen LogP contribution in [0.2, 0.25) is 10.0 Å². The number of aryl methyl sites for hydroxylation is 1. The fraction of sp³-hybridized carbons (Fsp3) is 0.214. The van der Waals surface area contributed by atoms with Gasteiger partial charge >= 0.3 is 5.97 Å². The zero-order valence-corrected chi connectivity index (χ0v) is 22.2. The van der Waals surface area contributed by atoms with E-state index in [0.717, 1.165) is 34.0 Å². The van der Waals surface area contributed by atoms with Crippen LogP contribution >= 0.6 is 23.2 Å². The van der Waals surface area contributed by atoms with E-state index in [4.69, 9.17) is 32.7 Å². The van der Waals surface area contributed by atoms with E-state index in [1.807, 2.05) is 48.7 Å². The van der Waals surface area contributed by atoms with Crippen LogP contribution < -0.4 is 4.74 Å². The molecule has 2 aromatic carbocycles. The number of carbonyl (C=O) groups excluding carboxylic acids is 2. The van der Waals surface area contributed by atoms with E-state index >= 15 is 0 Å². The van der Waals surface area contributed by atoms with E-state index in [-0.39, 0.29) is 17.1 Å². The lowest BCUT2D eigenvalue weighted by Crippen LogP contribution is -2.24. The van der Waals surface area contributed by atoms with Gasteiger partial charge in [0.1, 0.15) is 5.75 Å². The molecule has 4 rings (SSSR count). The number of allylic oxidation sites excluding steroid dienone is 1. The quantitative estimate of drug-likeness (QED) is 0.281. The lowest BCUT2D eigenvalue weighted by atomic mass is 10.0. The van der Waals surface area contributed by atoms with Gasteiger partial charge in [-0.1, -0.05) is 35.3 Å². The van der Waals surface area contributed by atoms with E-state index in [0.29, 0.717) is 22.3 Å². The van der Waals surface area contributed by atoms with Crippen LogP contribution in [0.1, 0.15) is 29.4 Å². The Morgan fingerprint density at radius 1 is 1.00 bits per heavy atom. The molecular formula is C28H26Cl2N2O4. The number of hydrogen-bond donors (Lipinski definition) is 0. The molecule has 6 nitrogen and oxygen atoms in total. The minimum atomic E-state index is -0.559. The number of esters is 1. The van der Waals surface area contributed by atoms with Gasteiger partial charge in [0, 0.05) is 22.1 Å². The van der Waals surface area contributed by atoms with Crippen molar-refractivity contribution in [1.29, 1.82) is 0 Å². The minimum Gasteiger partial charge on any atom is -0.497 e. The van der Waals surface area contributed by atoms with Gasteiger partial charge in [0.05, 0.1) is 42.6 Å². The predicted molar refractivity (Wildman–Crippen MR) is 141 cm³/mol. The highest BCUT2D eigenvalue weighted by Gasteiger charge is 2.37. The van der Waals surface area contributed by atoms with Crippen molar-refractivity contribution in [3.63, 3.8) is 0 Å². The smallest absolute Gasteiger partial charge is 0.340 e. The van der Waals surface area contributed by atoms with Gasteiger partial charge in [0.25, 0.3) is 5.91 Å². The zero-order valence-electron chi connectivity index (χ0n) is 20.7. The normalized spacial score (nSPS) is 14.7. The molecular weight excluding hydrogens is 499 g/mol. The highest BCUT2D eigenvalue weighted by molar-refractivity contribution is 6.34. The fourth-order valence-corrected chi connectivity index (χ4v) is 4.82. The number of benzene rings is 2. The molecule has 0 aliphatic carbocycles. The Morgan fingerprint density at radius 3 is 2.33 bits per heavy atom. The topological polar surface area (TPSA) is 60.8 Å². The van der Waals surface area contributed by atoms with Crippen LogP contribution in [-0.2, 0) is 20.9 Å². The van der Waals surface area contributed by atoms with E-state index in [9.17, 15) is 9.59 Å². The van der Waals surface area contributed by atoms with Crippen LogP contribution in [0.25, 0.3) is 11.8 Å². The Kier molecular flexibility index (Phi) is 7.29. The number of ether oxygens (including phenoxy) is 2. The van der Waals surface area contributed by atoms with Gasteiger partial charge in [0.2, 0.25) is 0 Å². The predicted octanol–water partition coefficient (Wildman–Crippen LogP) is 6.28. The van der Waals surface area contributed by atoms with Crippen molar-refractivity contribution in [1.82, 2.24) is 9.47 Å². The van der Waals surface area contributed by atoms with Crippen LogP contribution in [-0.4, -0.2) is 35.6 Å². The Hall–Kier alpha value is -3.48. The Bertz CT molecular complexity index is 1420. The Balaban J connectivity index is 1.77. The minimum absolute atomic E-state index is 0.251. The molecule has 1 aliphatic heterocycles. The van der Waals surface area contributed by atoms with Gasteiger partial charge in [0.15, 0.2) is 0 Å². The maximum atomic E-state index is 13.6. The second-order valence-electron chi connectivity index (χ2n) is 8.51. The summed E-state index contributed by atoms with van der Waals surface area (Å²) < 4.78 is 12.2. The molecule has 186 valence electrons.